The van der Waals surface area contributed by atoms with Crippen LogP contribution in [0.25, 0.3) is 0 Å². The smallest absolute Gasteiger partial charge is 0.261 e. The van der Waals surface area contributed by atoms with Crippen LogP contribution in [0.1, 0.15) is 44.6 Å². The number of benzene rings is 1. The summed E-state index contributed by atoms with van der Waals surface area (Å²) in [6.45, 7) is 3.85. The molecule has 4 nitrogen and oxygen atoms in total. The molecule has 3 N–H and O–H groups in total. The fourth-order valence-electron chi connectivity index (χ4n) is 4.18. The highest BCUT2D eigenvalue weighted by Gasteiger charge is 2.40. The number of aryl methyl sites for hydroxylation is 1. The molecule has 24 heavy (non-hydrogen) atoms. The van der Waals surface area contributed by atoms with E-state index in [1.807, 2.05) is 38.1 Å². The summed E-state index contributed by atoms with van der Waals surface area (Å²) in [5.41, 5.74) is 7.34. The van der Waals surface area contributed by atoms with Crippen molar-refractivity contribution in [1.29, 1.82) is 0 Å². The molecule has 3 atom stereocenters. The zero-order chi connectivity index (χ0) is 16.4. The van der Waals surface area contributed by atoms with Gasteiger partial charge in [0.05, 0.1) is 0 Å². The Bertz CT molecular complexity index is 535. The quantitative estimate of drug-likeness (QED) is 0.874. The molecule has 0 spiro atoms. The molecule has 0 heterocycles. The fraction of sp³-hybridized carbons (Fsp3) is 0.632. The van der Waals surface area contributed by atoms with E-state index >= 15 is 0 Å². The normalized spacial score (nSPS) is 30.0. The summed E-state index contributed by atoms with van der Waals surface area (Å²) in [4.78, 5) is 12.5. The Labute approximate surface area is 150 Å². The van der Waals surface area contributed by atoms with E-state index in [1.54, 1.807) is 0 Å². The first-order valence-electron chi connectivity index (χ1n) is 8.82. The van der Waals surface area contributed by atoms with E-state index in [4.69, 9.17) is 10.5 Å². The highest BCUT2D eigenvalue weighted by molar-refractivity contribution is 5.85. The van der Waals surface area contributed by atoms with E-state index in [9.17, 15) is 4.79 Å². The van der Waals surface area contributed by atoms with Gasteiger partial charge < -0.3 is 15.8 Å². The summed E-state index contributed by atoms with van der Waals surface area (Å²) >= 11 is 0. The summed E-state index contributed by atoms with van der Waals surface area (Å²) in [5.74, 6) is 1.80. The predicted molar refractivity (Wildman–Crippen MR) is 98.5 cm³/mol. The van der Waals surface area contributed by atoms with Gasteiger partial charge in [-0.1, -0.05) is 24.1 Å². The number of halogens is 1. The number of ether oxygens (including phenoxy) is 1. The Kier molecular flexibility index (Phi) is 6.53. The molecule has 3 rings (SSSR count). The fourth-order valence-corrected chi connectivity index (χ4v) is 4.18. The predicted octanol–water partition coefficient (Wildman–Crippen LogP) is 3.21. The van der Waals surface area contributed by atoms with Crippen molar-refractivity contribution in [2.45, 2.75) is 64.1 Å². The maximum absolute atomic E-state index is 12.5. The van der Waals surface area contributed by atoms with Gasteiger partial charge in [-0.3, -0.25) is 4.79 Å². The van der Waals surface area contributed by atoms with Crippen LogP contribution in [0.2, 0.25) is 0 Å². The molecule has 2 saturated carbocycles. The Hall–Kier alpha value is -1.26. The lowest BCUT2D eigenvalue weighted by Gasteiger charge is -2.45. The third-order valence-corrected chi connectivity index (χ3v) is 5.39. The van der Waals surface area contributed by atoms with Crippen molar-refractivity contribution in [2.24, 2.45) is 17.6 Å². The molecule has 1 aromatic rings. The van der Waals surface area contributed by atoms with E-state index in [2.05, 4.69) is 5.32 Å². The largest absolute Gasteiger partial charge is 0.481 e. The average Bonchev–Trinajstić information content (AvgIpc) is 2.50. The van der Waals surface area contributed by atoms with Gasteiger partial charge in [-0.2, -0.15) is 0 Å². The number of carbonyl (C=O) groups is 1. The number of amides is 1. The van der Waals surface area contributed by atoms with Crippen LogP contribution < -0.4 is 15.8 Å². The zero-order valence-electron chi connectivity index (χ0n) is 14.5. The third-order valence-electron chi connectivity index (χ3n) is 5.39. The van der Waals surface area contributed by atoms with Crippen LogP contribution in [0.4, 0.5) is 0 Å². The van der Waals surface area contributed by atoms with E-state index in [0.29, 0.717) is 17.9 Å². The molecule has 1 amide bonds. The molecule has 0 aromatic heterocycles. The zero-order valence-corrected chi connectivity index (χ0v) is 15.4. The lowest BCUT2D eigenvalue weighted by Crippen LogP contribution is -2.55. The van der Waals surface area contributed by atoms with Gasteiger partial charge in [0.2, 0.25) is 0 Å². The molecule has 3 unspecified atom stereocenters. The molecule has 2 aliphatic rings. The minimum atomic E-state index is -0.478. The summed E-state index contributed by atoms with van der Waals surface area (Å²) in [6.07, 6.45) is 5.23. The maximum Gasteiger partial charge on any atom is 0.261 e. The van der Waals surface area contributed by atoms with Crippen LogP contribution in [-0.4, -0.2) is 24.1 Å². The van der Waals surface area contributed by atoms with Gasteiger partial charge in [-0.05, 0) is 63.5 Å². The summed E-state index contributed by atoms with van der Waals surface area (Å²) in [5, 5.41) is 3.25. The van der Waals surface area contributed by atoms with Crippen molar-refractivity contribution in [3.8, 4) is 5.75 Å². The number of rotatable bonds is 4. The Morgan fingerprint density at radius 3 is 2.38 bits per heavy atom. The second kappa shape index (κ2) is 8.21. The van der Waals surface area contributed by atoms with Gasteiger partial charge in [-0.15, -0.1) is 12.4 Å². The summed E-state index contributed by atoms with van der Waals surface area (Å²) in [6, 6.07) is 8.39. The molecular formula is C19H29ClN2O2. The molecule has 2 fully saturated rings. The standard InChI is InChI=1S/C19H28N2O2.ClH/c1-12-6-8-17(9-7-12)23-13(2)19(22)21-18-14-4-3-5-15(18)11-16(20)10-14;/h6-9,13-16,18H,3-5,10-11,20H2,1-2H3,(H,21,22);1H. The van der Waals surface area contributed by atoms with Crippen LogP contribution in [0.15, 0.2) is 24.3 Å². The van der Waals surface area contributed by atoms with E-state index in [0.717, 1.165) is 18.6 Å². The summed E-state index contributed by atoms with van der Waals surface area (Å²) < 4.78 is 5.78. The lowest BCUT2D eigenvalue weighted by molar-refractivity contribution is -0.129. The Morgan fingerprint density at radius 1 is 1.21 bits per heavy atom. The molecule has 0 radical (unpaired) electrons. The topological polar surface area (TPSA) is 64.3 Å². The summed E-state index contributed by atoms with van der Waals surface area (Å²) in [7, 11) is 0. The third kappa shape index (κ3) is 4.42. The van der Waals surface area contributed by atoms with Crippen molar-refractivity contribution >= 4 is 18.3 Å². The number of hydrogen-bond acceptors (Lipinski definition) is 3. The average molecular weight is 353 g/mol. The second-order valence-corrected chi connectivity index (χ2v) is 7.29. The van der Waals surface area contributed by atoms with Crippen LogP contribution in [0.5, 0.6) is 5.75 Å². The van der Waals surface area contributed by atoms with Gasteiger partial charge in [0.25, 0.3) is 5.91 Å². The van der Waals surface area contributed by atoms with Crippen LogP contribution in [0.3, 0.4) is 0 Å². The monoisotopic (exact) mass is 352 g/mol. The first kappa shape index (κ1) is 19.1. The number of carbonyl (C=O) groups excluding carboxylic acids is 1. The number of fused-ring (bicyclic) bond motifs is 2. The maximum atomic E-state index is 12.5. The molecule has 134 valence electrons. The highest BCUT2D eigenvalue weighted by Crippen LogP contribution is 2.39. The van der Waals surface area contributed by atoms with Crippen molar-refractivity contribution in [2.75, 3.05) is 0 Å². The van der Waals surface area contributed by atoms with E-state index in [1.165, 1.54) is 24.8 Å². The minimum absolute atomic E-state index is 0. The molecular weight excluding hydrogens is 324 g/mol. The van der Waals surface area contributed by atoms with Crippen LogP contribution >= 0.6 is 12.4 Å². The van der Waals surface area contributed by atoms with E-state index in [-0.39, 0.29) is 24.4 Å². The first-order chi connectivity index (χ1) is 11.0. The van der Waals surface area contributed by atoms with Gasteiger partial charge in [0.1, 0.15) is 5.75 Å². The van der Waals surface area contributed by atoms with Crippen LogP contribution in [0, 0.1) is 18.8 Å². The minimum Gasteiger partial charge on any atom is -0.481 e. The first-order valence-corrected chi connectivity index (χ1v) is 8.82. The molecule has 1 aromatic carbocycles. The van der Waals surface area contributed by atoms with Gasteiger partial charge >= 0.3 is 0 Å². The Morgan fingerprint density at radius 2 is 1.79 bits per heavy atom. The van der Waals surface area contributed by atoms with Crippen molar-refractivity contribution in [3.63, 3.8) is 0 Å². The highest BCUT2D eigenvalue weighted by atomic mass is 35.5. The van der Waals surface area contributed by atoms with Gasteiger partial charge in [0, 0.05) is 12.1 Å². The SMILES string of the molecule is Cc1ccc(OC(C)C(=O)NC2C3CCCC2CC(N)C3)cc1.Cl. The Balaban J connectivity index is 0.00000208. The molecule has 0 aliphatic heterocycles. The molecule has 2 bridgehead atoms. The number of hydrogen-bond donors (Lipinski definition) is 2. The number of nitrogens with one attached hydrogen (secondary N) is 1. The van der Waals surface area contributed by atoms with Crippen LogP contribution in [-0.2, 0) is 4.79 Å². The number of nitrogens with two attached hydrogens (primary N) is 1. The van der Waals surface area contributed by atoms with Crippen molar-refractivity contribution < 1.29 is 9.53 Å². The lowest BCUT2D eigenvalue weighted by atomic mass is 9.67. The van der Waals surface area contributed by atoms with Gasteiger partial charge in [-0.25, -0.2) is 0 Å². The van der Waals surface area contributed by atoms with Gasteiger partial charge in [0.15, 0.2) is 6.10 Å². The van der Waals surface area contributed by atoms with Crippen molar-refractivity contribution in [1.82, 2.24) is 5.32 Å². The molecule has 2 aliphatic carbocycles. The second-order valence-electron chi connectivity index (χ2n) is 7.29. The molecule has 0 saturated heterocycles. The molecule has 5 heteroatoms. The van der Waals surface area contributed by atoms with E-state index < -0.39 is 6.10 Å². The van der Waals surface area contributed by atoms with Crippen molar-refractivity contribution in [3.05, 3.63) is 29.8 Å².